The summed E-state index contributed by atoms with van der Waals surface area (Å²) in [6.45, 7) is 0.393. The van der Waals surface area contributed by atoms with Gasteiger partial charge >= 0.3 is 0 Å². The number of benzene rings is 1. The minimum Gasteiger partial charge on any atom is -0.480 e. The molecule has 0 bridgehead atoms. The van der Waals surface area contributed by atoms with Crippen molar-refractivity contribution in [1.82, 2.24) is 15.4 Å². The van der Waals surface area contributed by atoms with E-state index in [2.05, 4.69) is 15.4 Å². The van der Waals surface area contributed by atoms with Crippen molar-refractivity contribution in [2.24, 2.45) is 0 Å². The van der Waals surface area contributed by atoms with Gasteiger partial charge in [-0.1, -0.05) is 6.07 Å². The molecule has 0 aliphatic heterocycles. The molecule has 0 unspecified atom stereocenters. The van der Waals surface area contributed by atoms with Crippen molar-refractivity contribution in [3.8, 4) is 5.88 Å². The van der Waals surface area contributed by atoms with Gasteiger partial charge in [-0.3, -0.25) is 0 Å². The maximum atomic E-state index is 8.57. The third-order valence-electron chi connectivity index (χ3n) is 2.08. The fourth-order valence-electron chi connectivity index (χ4n) is 1.34. The molecule has 0 spiro atoms. The summed E-state index contributed by atoms with van der Waals surface area (Å²) in [6, 6.07) is 5.59. The highest BCUT2D eigenvalue weighted by Crippen LogP contribution is 2.14. The van der Waals surface area contributed by atoms with Crippen LogP contribution in [0.15, 0.2) is 24.4 Å². The van der Waals surface area contributed by atoms with E-state index in [1.165, 1.54) is 0 Å². The van der Waals surface area contributed by atoms with Crippen molar-refractivity contribution in [3.63, 3.8) is 0 Å². The van der Waals surface area contributed by atoms with Gasteiger partial charge in [-0.25, -0.2) is 15.4 Å². The SMILES string of the molecule is COc1cnc2cc(CNO)ccc2n1. The largest absolute Gasteiger partial charge is 0.480 e. The summed E-state index contributed by atoms with van der Waals surface area (Å²) in [5.74, 6) is 0.496. The maximum Gasteiger partial charge on any atom is 0.232 e. The van der Waals surface area contributed by atoms with Gasteiger partial charge in [0, 0.05) is 6.54 Å². The van der Waals surface area contributed by atoms with Gasteiger partial charge in [-0.2, -0.15) is 0 Å². The molecule has 0 aliphatic carbocycles. The van der Waals surface area contributed by atoms with Crippen molar-refractivity contribution >= 4 is 11.0 Å². The van der Waals surface area contributed by atoms with Crippen LogP contribution in [0.25, 0.3) is 11.0 Å². The third kappa shape index (κ3) is 2.03. The first-order valence-corrected chi connectivity index (χ1v) is 4.50. The lowest BCUT2D eigenvalue weighted by atomic mass is 10.2. The van der Waals surface area contributed by atoms with Gasteiger partial charge in [-0.05, 0) is 17.7 Å². The van der Waals surface area contributed by atoms with Crippen LogP contribution < -0.4 is 10.2 Å². The van der Waals surface area contributed by atoms with Crippen molar-refractivity contribution < 1.29 is 9.94 Å². The predicted molar refractivity (Wildman–Crippen MR) is 54.7 cm³/mol. The van der Waals surface area contributed by atoms with Gasteiger partial charge in [-0.15, -0.1) is 0 Å². The Morgan fingerprint density at radius 1 is 1.40 bits per heavy atom. The van der Waals surface area contributed by atoms with Gasteiger partial charge < -0.3 is 9.94 Å². The molecule has 0 fully saturated rings. The Morgan fingerprint density at radius 2 is 2.27 bits per heavy atom. The standard InChI is InChI=1S/C10H11N3O2/c1-15-10-6-11-9-4-7(5-12-14)2-3-8(9)13-10/h2-4,6,12,14H,5H2,1H3. The number of fused-ring (bicyclic) bond motifs is 1. The lowest BCUT2D eigenvalue weighted by Crippen LogP contribution is -2.05. The number of ether oxygens (including phenoxy) is 1. The second-order valence-corrected chi connectivity index (χ2v) is 3.07. The van der Waals surface area contributed by atoms with Crippen LogP contribution in [0.1, 0.15) is 5.56 Å². The normalized spacial score (nSPS) is 10.5. The Hall–Kier alpha value is -1.72. The second-order valence-electron chi connectivity index (χ2n) is 3.07. The summed E-state index contributed by atoms with van der Waals surface area (Å²) in [5.41, 5.74) is 4.60. The molecule has 1 aromatic heterocycles. The molecule has 2 aromatic rings. The summed E-state index contributed by atoms with van der Waals surface area (Å²) in [6.07, 6.45) is 1.57. The number of hydrogen-bond donors (Lipinski definition) is 2. The van der Waals surface area contributed by atoms with E-state index < -0.39 is 0 Å². The minimum absolute atomic E-state index is 0.393. The van der Waals surface area contributed by atoms with Gasteiger partial charge in [0.2, 0.25) is 5.88 Å². The van der Waals surface area contributed by atoms with Gasteiger partial charge in [0.05, 0.1) is 24.3 Å². The zero-order chi connectivity index (χ0) is 10.7. The monoisotopic (exact) mass is 205 g/mol. The minimum atomic E-state index is 0.393. The van der Waals surface area contributed by atoms with Gasteiger partial charge in [0.25, 0.3) is 0 Å². The molecule has 2 rings (SSSR count). The van der Waals surface area contributed by atoms with Crippen LogP contribution in [0.3, 0.4) is 0 Å². The topological polar surface area (TPSA) is 67.3 Å². The van der Waals surface area contributed by atoms with E-state index in [1.807, 2.05) is 18.2 Å². The van der Waals surface area contributed by atoms with Crippen LogP contribution in [-0.4, -0.2) is 22.3 Å². The van der Waals surface area contributed by atoms with Crippen LogP contribution in [-0.2, 0) is 6.54 Å². The molecule has 0 aliphatic rings. The number of aromatic nitrogens is 2. The van der Waals surface area contributed by atoms with Crippen LogP contribution in [0.4, 0.5) is 0 Å². The Labute approximate surface area is 86.7 Å². The molecule has 1 heterocycles. The summed E-state index contributed by atoms with van der Waals surface area (Å²) < 4.78 is 4.97. The van der Waals surface area contributed by atoms with E-state index in [9.17, 15) is 0 Å². The molecule has 2 N–H and O–H groups in total. The average Bonchev–Trinajstić information content (AvgIpc) is 2.29. The highest BCUT2D eigenvalue weighted by atomic mass is 16.5. The Balaban J connectivity index is 2.45. The highest BCUT2D eigenvalue weighted by Gasteiger charge is 2.00. The number of rotatable bonds is 3. The predicted octanol–water partition coefficient (Wildman–Crippen LogP) is 1.12. The third-order valence-corrected chi connectivity index (χ3v) is 2.08. The zero-order valence-electron chi connectivity index (χ0n) is 8.27. The van der Waals surface area contributed by atoms with E-state index in [0.717, 1.165) is 16.6 Å². The number of nitrogens with one attached hydrogen (secondary N) is 1. The molecule has 5 heteroatoms. The van der Waals surface area contributed by atoms with E-state index in [-0.39, 0.29) is 0 Å². The van der Waals surface area contributed by atoms with Crippen LogP contribution in [0.2, 0.25) is 0 Å². The second kappa shape index (κ2) is 4.20. The first-order chi connectivity index (χ1) is 7.33. The molecule has 0 amide bonds. The molecule has 5 nitrogen and oxygen atoms in total. The van der Waals surface area contributed by atoms with Crippen molar-refractivity contribution in [2.45, 2.75) is 6.54 Å². The summed E-state index contributed by atoms with van der Waals surface area (Å²) in [7, 11) is 1.56. The number of hydrogen-bond acceptors (Lipinski definition) is 5. The first-order valence-electron chi connectivity index (χ1n) is 4.50. The molecule has 1 aromatic carbocycles. The zero-order valence-corrected chi connectivity index (χ0v) is 8.27. The maximum absolute atomic E-state index is 8.57. The number of nitrogens with zero attached hydrogens (tertiary/aromatic N) is 2. The average molecular weight is 205 g/mol. The van der Waals surface area contributed by atoms with Gasteiger partial charge in [0.15, 0.2) is 0 Å². The lowest BCUT2D eigenvalue weighted by molar-refractivity contribution is 0.161. The van der Waals surface area contributed by atoms with Crippen molar-refractivity contribution in [1.29, 1.82) is 0 Å². The summed E-state index contributed by atoms with van der Waals surface area (Å²) in [5, 5.41) is 8.57. The Morgan fingerprint density at radius 3 is 3.00 bits per heavy atom. The Bertz CT molecular complexity index is 473. The highest BCUT2D eigenvalue weighted by molar-refractivity contribution is 5.75. The summed E-state index contributed by atoms with van der Waals surface area (Å²) in [4.78, 5) is 8.43. The molecule has 0 atom stereocenters. The fraction of sp³-hybridized carbons (Fsp3) is 0.200. The van der Waals surface area contributed by atoms with Crippen LogP contribution >= 0.6 is 0 Å². The fourth-order valence-corrected chi connectivity index (χ4v) is 1.34. The molecule has 0 saturated carbocycles. The van der Waals surface area contributed by atoms with Crippen LogP contribution in [0.5, 0.6) is 5.88 Å². The Kier molecular flexibility index (Phi) is 2.75. The quantitative estimate of drug-likeness (QED) is 0.735. The summed E-state index contributed by atoms with van der Waals surface area (Å²) >= 11 is 0. The lowest BCUT2D eigenvalue weighted by Gasteiger charge is -2.03. The molecular formula is C10H11N3O2. The van der Waals surface area contributed by atoms with E-state index in [1.54, 1.807) is 13.3 Å². The molecule has 78 valence electrons. The van der Waals surface area contributed by atoms with Crippen LogP contribution in [0, 0.1) is 0 Å². The van der Waals surface area contributed by atoms with Crippen molar-refractivity contribution in [2.75, 3.05) is 7.11 Å². The molecule has 0 radical (unpaired) electrons. The van der Waals surface area contributed by atoms with E-state index in [0.29, 0.717) is 12.4 Å². The number of hydroxylamine groups is 1. The number of methoxy groups -OCH3 is 1. The first kappa shape index (κ1) is 9.82. The molecular weight excluding hydrogens is 194 g/mol. The smallest absolute Gasteiger partial charge is 0.232 e. The van der Waals surface area contributed by atoms with E-state index in [4.69, 9.17) is 9.94 Å². The van der Waals surface area contributed by atoms with E-state index >= 15 is 0 Å². The van der Waals surface area contributed by atoms with Gasteiger partial charge in [0.1, 0.15) is 0 Å². The van der Waals surface area contributed by atoms with Crippen molar-refractivity contribution in [3.05, 3.63) is 30.0 Å². The molecule has 0 saturated heterocycles. The molecule has 15 heavy (non-hydrogen) atoms.